The zero-order chi connectivity index (χ0) is 18.4. The monoisotopic (exact) mass is 348 g/mol. The molecule has 0 saturated carbocycles. The van der Waals surface area contributed by atoms with Crippen LogP contribution in [0.3, 0.4) is 0 Å². The fourth-order valence-corrected chi connectivity index (χ4v) is 2.63. The summed E-state index contributed by atoms with van der Waals surface area (Å²) in [6, 6.07) is 14.9. The highest BCUT2D eigenvalue weighted by atomic mass is 16.2. The number of carbonyl (C=O) groups excluding carboxylic acids is 2. The Balaban J connectivity index is 1.63. The topological polar surface area (TPSA) is 90.0 Å². The number of nitrogens with two attached hydrogens (primary N) is 1. The molecular formula is C20H20N4O2. The SMILES string of the molecule is NC(=O)CCc1ccc(NC(=O)c2cccc(Cn3ccnc3)c2)cc1. The van der Waals surface area contributed by atoms with Crippen LogP contribution in [0.4, 0.5) is 5.69 Å². The van der Waals surface area contributed by atoms with Crippen molar-refractivity contribution in [2.45, 2.75) is 19.4 Å². The van der Waals surface area contributed by atoms with Crippen molar-refractivity contribution in [2.75, 3.05) is 5.32 Å². The first kappa shape index (κ1) is 17.4. The molecule has 2 amide bonds. The Morgan fingerprint density at radius 3 is 2.58 bits per heavy atom. The van der Waals surface area contributed by atoms with E-state index in [1.165, 1.54) is 0 Å². The predicted molar refractivity (Wildman–Crippen MR) is 99.7 cm³/mol. The van der Waals surface area contributed by atoms with E-state index in [2.05, 4.69) is 10.3 Å². The van der Waals surface area contributed by atoms with E-state index in [9.17, 15) is 9.59 Å². The first-order valence-corrected chi connectivity index (χ1v) is 8.33. The molecule has 0 aliphatic carbocycles. The Hall–Kier alpha value is -3.41. The molecule has 1 aromatic heterocycles. The van der Waals surface area contributed by atoms with E-state index < -0.39 is 0 Å². The summed E-state index contributed by atoms with van der Waals surface area (Å²) in [5.74, 6) is -0.486. The van der Waals surface area contributed by atoms with Gasteiger partial charge in [0.2, 0.25) is 5.91 Å². The number of nitrogens with one attached hydrogen (secondary N) is 1. The minimum Gasteiger partial charge on any atom is -0.370 e. The van der Waals surface area contributed by atoms with Crippen LogP contribution in [0.1, 0.15) is 27.9 Å². The minimum absolute atomic E-state index is 0.164. The maximum absolute atomic E-state index is 12.5. The zero-order valence-corrected chi connectivity index (χ0v) is 14.3. The number of benzene rings is 2. The number of imidazole rings is 1. The number of hydrogen-bond donors (Lipinski definition) is 2. The van der Waals surface area contributed by atoms with Crippen LogP contribution < -0.4 is 11.1 Å². The second kappa shape index (κ2) is 8.11. The quantitative estimate of drug-likeness (QED) is 0.688. The van der Waals surface area contributed by atoms with Crippen LogP contribution >= 0.6 is 0 Å². The van der Waals surface area contributed by atoms with Crippen molar-refractivity contribution < 1.29 is 9.59 Å². The summed E-state index contributed by atoms with van der Waals surface area (Å²) in [5.41, 5.74) is 8.49. The van der Waals surface area contributed by atoms with Crippen molar-refractivity contribution in [3.63, 3.8) is 0 Å². The van der Waals surface area contributed by atoms with Crippen LogP contribution in [0.2, 0.25) is 0 Å². The number of rotatable bonds is 7. The number of aryl methyl sites for hydroxylation is 1. The maximum Gasteiger partial charge on any atom is 0.255 e. The van der Waals surface area contributed by atoms with Crippen LogP contribution in [0.15, 0.2) is 67.3 Å². The van der Waals surface area contributed by atoms with Crippen LogP contribution in [0.5, 0.6) is 0 Å². The fraction of sp³-hybridized carbons (Fsp3) is 0.150. The average Bonchev–Trinajstić information content (AvgIpc) is 3.14. The Bertz CT molecular complexity index is 886. The van der Waals surface area contributed by atoms with Gasteiger partial charge in [-0.2, -0.15) is 0 Å². The second-order valence-corrected chi connectivity index (χ2v) is 6.05. The third-order valence-corrected chi connectivity index (χ3v) is 3.99. The number of amides is 2. The van der Waals surface area contributed by atoms with E-state index in [1.807, 2.05) is 53.2 Å². The minimum atomic E-state index is -0.321. The predicted octanol–water partition coefficient (Wildman–Crippen LogP) is 2.60. The molecule has 0 radical (unpaired) electrons. The average molecular weight is 348 g/mol. The molecule has 0 spiro atoms. The van der Waals surface area contributed by atoms with Gasteiger partial charge in [-0.15, -0.1) is 0 Å². The fourth-order valence-electron chi connectivity index (χ4n) is 2.63. The smallest absolute Gasteiger partial charge is 0.255 e. The summed E-state index contributed by atoms with van der Waals surface area (Å²) in [5, 5.41) is 2.89. The van der Waals surface area contributed by atoms with Gasteiger partial charge < -0.3 is 15.6 Å². The third kappa shape index (κ3) is 4.80. The molecule has 0 bridgehead atoms. The van der Waals surface area contributed by atoms with Gasteiger partial charge in [0.15, 0.2) is 0 Å². The highest BCUT2D eigenvalue weighted by Crippen LogP contribution is 2.14. The lowest BCUT2D eigenvalue weighted by atomic mass is 10.1. The Morgan fingerprint density at radius 1 is 1.08 bits per heavy atom. The van der Waals surface area contributed by atoms with Gasteiger partial charge in [0, 0.05) is 36.6 Å². The maximum atomic E-state index is 12.5. The Morgan fingerprint density at radius 2 is 1.88 bits per heavy atom. The summed E-state index contributed by atoms with van der Waals surface area (Å²) >= 11 is 0. The van der Waals surface area contributed by atoms with E-state index in [0.29, 0.717) is 30.6 Å². The lowest BCUT2D eigenvalue weighted by molar-refractivity contribution is -0.117. The van der Waals surface area contributed by atoms with Gasteiger partial charge >= 0.3 is 0 Å². The lowest BCUT2D eigenvalue weighted by Gasteiger charge is -2.08. The number of anilines is 1. The van der Waals surface area contributed by atoms with E-state index in [1.54, 1.807) is 18.6 Å². The van der Waals surface area contributed by atoms with Gasteiger partial charge in [-0.25, -0.2) is 4.98 Å². The first-order valence-electron chi connectivity index (χ1n) is 8.33. The van der Waals surface area contributed by atoms with Crippen molar-refractivity contribution in [1.82, 2.24) is 9.55 Å². The van der Waals surface area contributed by atoms with E-state index in [0.717, 1.165) is 11.1 Å². The van der Waals surface area contributed by atoms with Crippen molar-refractivity contribution in [1.29, 1.82) is 0 Å². The molecule has 3 rings (SSSR count). The molecule has 1 heterocycles. The second-order valence-electron chi connectivity index (χ2n) is 6.05. The molecule has 26 heavy (non-hydrogen) atoms. The molecule has 3 aromatic rings. The lowest BCUT2D eigenvalue weighted by Crippen LogP contribution is -2.13. The molecule has 6 heteroatoms. The standard InChI is InChI=1S/C20H20N4O2/c21-19(25)9-6-15-4-7-18(8-5-15)23-20(26)17-3-1-2-16(12-17)13-24-11-10-22-14-24/h1-5,7-8,10-12,14H,6,9,13H2,(H2,21,25)(H,23,26). The first-order chi connectivity index (χ1) is 12.6. The summed E-state index contributed by atoms with van der Waals surface area (Å²) in [6.07, 6.45) is 6.26. The van der Waals surface area contributed by atoms with Crippen LogP contribution in [-0.4, -0.2) is 21.4 Å². The van der Waals surface area contributed by atoms with Crippen molar-refractivity contribution in [3.05, 3.63) is 83.9 Å². The third-order valence-electron chi connectivity index (χ3n) is 3.99. The largest absolute Gasteiger partial charge is 0.370 e. The number of nitrogens with zero attached hydrogens (tertiary/aromatic N) is 2. The summed E-state index contributed by atoms with van der Waals surface area (Å²) in [7, 11) is 0. The molecule has 132 valence electrons. The van der Waals surface area contributed by atoms with Gasteiger partial charge in [0.1, 0.15) is 0 Å². The van der Waals surface area contributed by atoms with Gasteiger partial charge in [-0.1, -0.05) is 24.3 Å². The van der Waals surface area contributed by atoms with Gasteiger partial charge in [0.25, 0.3) is 5.91 Å². The summed E-state index contributed by atoms with van der Waals surface area (Å²) in [4.78, 5) is 27.3. The van der Waals surface area contributed by atoms with Gasteiger partial charge in [-0.3, -0.25) is 9.59 Å². The zero-order valence-electron chi connectivity index (χ0n) is 14.3. The summed E-state index contributed by atoms with van der Waals surface area (Å²) < 4.78 is 1.95. The molecule has 3 N–H and O–H groups in total. The van der Waals surface area contributed by atoms with Gasteiger partial charge in [-0.05, 0) is 41.8 Å². The molecular weight excluding hydrogens is 328 g/mol. The molecule has 2 aromatic carbocycles. The Kier molecular flexibility index (Phi) is 5.43. The van der Waals surface area contributed by atoms with E-state index >= 15 is 0 Å². The van der Waals surface area contributed by atoms with Crippen LogP contribution in [0, 0.1) is 0 Å². The highest BCUT2D eigenvalue weighted by molar-refractivity contribution is 6.04. The molecule has 0 aliphatic heterocycles. The molecule has 0 saturated heterocycles. The normalized spacial score (nSPS) is 10.5. The van der Waals surface area contributed by atoms with Crippen molar-refractivity contribution in [3.8, 4) is 0 Å². The molecule has 0 atom stereocenters. The number of hydrogen-bond acceptors (Lipinski definition) is 3. The van der Waals surface area contributed by atoms with E-state index in [4.69, 9.17) is 5.73 Å². The number of aromatic nitrogens is 2. The highest BCUT2D eigenvalue weighted by Gasteiger charge is 2.07. The van der Waals surface area contributed by atoms with E-state index in [-0.39, 0.29) is 11.8 Å². The Labute approximate surface area is 151 Å². The molecule has 0 fully saturated rings. The number of primary amides is 1. The van der Waals surface area contributed by atoms with Crippen molar-refractivity contribution in [2.24, 2.45) is 5.73 Å². The molecule has 0 aliphatic rings. The number of carbonyl (C=O) groups is 2. The summed E-state index contributed by atoms with van der Waals surface area (Å²) in [6.45, 7) is 0.662. The molecule has 0 unspecified atom stereocenters. The van der Waals surface area contributed by atoms with Gasteiger partial charge in [0.05, 0.1) is 6.33 Å². The van der Waals surface area contributed by atoms with Crippen LogP contribution in [-0.2, 0) is 17.8 Å². The molecule has 6 nitrogen and oxygen atoms in total. The van der Waals surface area contributed by atoms with Crippen LogP contribution in [0.25, 0.3) is 0 Å². The van der Waals surface area contributed by atoms with Crippen molar-refractivity contribution >= 4 is 17.5 Å².